The van der Waals surface area contributed by atoms with Crippen molar-refractivity contribution in [1.82, 2.24) is 9.97 Å². The van der Waals surface area contributed by atoms with Crippen molar-refractivity contribution in [2.45, 2.75) is 38.9 Å². The van der Waals surface area contributed by atoms with Gasteiger partial charge in [0.05, 0.1) is 12.8 Å². The maximum Gasteiger partial charge on any atom is 0.232 e. The number of rotatable bonds is 5. The molecule has 0 unspecified atom stereocenters. The average Bonchev–Trinajstić information content (AvgIpc) is 2.24. The van der Waals surface area contributed by atoms with Crippen molar-refractivity contribution in [2.75, 3.05) is 13.2 Å². The molecule has 0 atom stereocenters. The molecule has 1 aromatic heterocycles. The van der Waals surface area contributed by atoms with Crippen molar-refractivity contribution >= 4 is 8.32 Å². The summed E-state index contributed by atoms with van der Waals surface area (Å²) in [6, 6.07) is 0. The predicted octanol–water partition coefficient (Wildman–Crippen LogP) is 2.88. The van der Waals surface area contributed by atoms with Gasteiger partial charge in [0.15, 0.2) is 8.32 Å². The summed E-state index contributed by atoms with van der Waals surface area (Å²) in [7, 11) is -1.66. The first-order valence-electron chi connectivity index (χ1n) is 5.86. The van der Waals surface area contributed by atoms with Gasteiger partial charge in [-0.3, -0.25) is 4.98 Å². The summed E-state index contributed by atoms with van der Waals surface area (Å²) in [6.07, 6.45) is 4.84. The van der Waals surface area contributed by atoms with E-state index in [1.807, 2.05) is 0 Å². The number of hydrogen-bond donors (Lipinski definition) is 0. The van der Waals surface area contributed by atoms with Gasteiger partial charge in [-0.15, -0.1) is 0 Å². The molecule has 0 spiro atoms. The van der Waals surface area contributed by atoms with E-state index in [1.54, 1.807) is 18.6 Å². The Labute approximate surface area is 105 Å². The first-order valence-corrected chi connectivity index (χ1v) is 8.76. The van der Waals surface area contributed by atoms with Crippen molar-refractivity contribution in [3.05, 3.63) is 18.6 Å². The minimum atomic E-state index is -1.66. The van der Waals surface area contributed by atoms with Crippen LogP contribution in [0, 0.1) is 0 Å². The second-order valence-electron chi connectivity index (χ2n) is 5.50. The van der Waals surface area contributed by atoms with Crippen LogP contribution < -0.4 is 4.74 Å². The molecule has 0 saturated carbocycles. The summed E-state index contributed by atoms with van der Waals surface area (Å²) < 4.78 is 11.4. The van der Waals surface area contributed by atoms with Gasteiger partial charge in [-0.25, -0.2) is 4.98 Å². The number of nitrogens with zero attached hydrogens (tertiary/aromatic N) is 2. The minimum absolute atomic E-state index is 0.236. The standard InChI is InChI=1S/C12H22N2O2Si/c1-12(2,3)17(4,5)16-9-8-15-11-10-13-6-7-14-11/h6-7,10H,8-9H2,1-5H3. The first kappa shape index (κ1) is 14.1. The number of hydrogen-bond acceptors (Lipinski definition) is 4. The highest BCUT2D eigenvalue weighted by Crippen LogP contribution is 2.36. The van der Waals surface area contributed by atoms with E-state index in [4.69, 9.17) is 9.16 Å². The lowest BCUT2D eigenvalue weighted by molar-refractivity contribution is 0.198. The molecule has 0 amide bonds. The lowest BCUT2D eigenvalue weighted by atomic mass is 10.2. The van der Waals surface area contributed by atoms with Crippen molar-refractivity contribution in [2.24, 2.45) is 0 Å². The largest absolute Gasteiger partial charge is 0.474 e. The molecule has 0 aliphatic carbocycles. The molecule has 0 fully saturated rings. The monoisotopic (exact) mass is 254 g/mol. The molecule has 0 aliphatic heterocycles. The summed E-state index contributed by atoms with van der Waals surface area (Å²) in [6.45, 7) is 12.3. The Morgan fingerprint density at radius 3 is 2.41 bits per heavy atom. The molecule has 0 aromatic carbocycles. The minimum Gasteiger partial charge on any atom is -0.474 e. The van der Waals surface area contributed by atoms with Gasteiger partial charge >= 0.3 is 0 Å². The molecule has 17 heavy (non-hydrogen) atoms. The van der Waals surface area contributed by atoms with Gasteiger partial charge in [0, 0.05) is 12.4 Å². The van der Waals surface area contributed by atoms with Gasteiger partial charge in [-0.2, -0.15) is 0 Å². The number of aromatic nitrogens is 2. The van der Waals surface area contributed by atoms with Crippen LogP contribution in [0.4, 0.5) is 0 Å². The van der Waals surface area contributed by atoms with Crippen LogP contribution in [0.1, 0.15) is 20.8 Å². The van der Waals surface area contributed by atoms with E-state index < -0.39 is 8.32 Å². The lowest BCUT2D eigenvalue weighted by Crippen LogP contribution is -2.41. The van der Waals surface area contributed by atoms with Crippen LogP contribution in [0.2, 0.25) is 18.1 Å². The van der Waals surface area contributed by atoms with Crippen molar-refractivity contribution in [3.8, 4) is 5.88 Å². The van der Waals surface area contributed by atoms with Crippen molar-refractivity contribution < 1.29 is 9.16 Å². The Morgan fingerprint density at radius 2 is 1.88 bits per heavy atom. The molecule has 1 rings (SSSR count). The van der Waals surface area contributed by atoms with Crippen LogP contribution in [0.3, 0.4) is 0 Å². The predicted molar refractivity (Wildman–Crippen MR) is 70.7 cm³/mol. The van der Waals surface area contributed by atoms with Gasteiger partial charge in [-0.1, -0.05) is 20.8 Å². The van der Waals surface area contributed by atoms with Crippen LogP contribution in [-0.4, -0.2) is 31.5 Å². The fourth-order valence-corrected chi connectivity index (χ4v) is 2.05. The summed E-state index contributed by atoms with van der Waals surface area (Å²) in [5.41, 5.74) is 0. The van der Waals surface area contributed by atoms with Crippen LogP contribution in [0.15, 0.2) is 18.6 Å². The molecule has 0 radical (unpaired) electrons. The smallest absolute Gasteiger partial charge is 0.232 e. The van der Waals surface area contributed by atoms with Crippen LogP contribution in [0.25, 0.3) is 0 Å². The highest BCUT2D eigenvalue weighted by molar-refractivity contribution is 6.74. The topological polar surface area (TPSA) is 44.2 Å². The highest BCUT2D eigenvalue weighted by Gasteiger charge is 2.36. The highest BCUT2D eigenvalue weighted by atomic mass is 28.4. The summed E-state index contributed by atoms with van der Waals surface area (Å²) >= 11 is 0. The average molecular weight is 254 g/mol. The molecule has 0 aliphatic rings. The second-order valence-corrected chi connectivity index (χ2v) is 10.3. The van der Waals surface area contributed by atoms with Crippen LogP contribution in [-0.2, 0) is 4.43 Å². The van der Waals surface area contributed by atoms with E-state index in [0.29, 0.717) is 19.1 Å². The van der Waals surface area contributed by atoms with Gasteiger partial charge in [0.2, 0.25) is 5.88 Å². The molecule has 4 nitrogen and oxygen atoms in total. The Bertz CT molecular complexity index is 336. The summed E-state index contributed by atoms with van der Waals surface area (Å²) in [5.74, 6) is 0.548. The Hall–Kier alpha value is -0.943. The number of ether oxygens (including phenoxy) is 1. The van der Waals surface area contributed by atoms with E-state index >= 15 is 0 Å². The molecule has 1 aromatic rings. The third-order valence-electron chi connectivity index (χ3n) is 3.14. The normalized spacial score (nSPS) is 12.5. The zero-order chi connectivity index (χ0) is 12.9. The van der Waals surface area contributed by atoms with E-state index in [9.17, 15) is 0 Å². The SMILES string of the molecule is CC(C)(C)[Si](C)(C)OCCOc1cnccn1. The van der Waals surface area contributed by atoms with Gasteiger partial charge in [0.1, 0.15) is 6.61 Å². The zero-order valence-electron chi connectivity index (χ0n) is 11.4. The molecule has 0 saturated heterocycles. The van der Waals surface area contributed by atoms with Crippen molar-refractivity contribution in [3.63, 3.8) is 0 Å². The Balaban J connectivity index is 2.30. The summed E-state index contributed by atoms with van der Waals surface area (Å²) in [4.78, 5) is 7.96. The fraction of sp³-hybridized carbons (Fsp3) is 0.667. The molecule has 0 N–H and O–H groups in total. The van der Waals surface area contributed by atoms with E-state index in [1.165, 1.54) is 0 Å². The summed E-state index contributed by atoms with van der Waals surface area (Å²) in [5, 5.41) is 0.236. The Kier molecular flexibility index (Phi) is 4.65. The molecule has 0 bridgehead atoms. The fourth-order valence-electron chi connectivity index (χ4n) is 1.02. The molecule has 1 heterocycles. The third-order valence-corrected chi connectivity index (χ3v) is 7.68. The zero-order valence-corrected chi connectivity index (χ0v) is 12.4. The molecular weight excluding hydrogens is 232 g/mol. The quantitative estimate of drug-likeness (QED) is 0.598. The maximum absolute atomic E-state index is 5.98. The van der Waals surface area contributed by atoms with E-state index in [-0.39, 0.29) is 5.04 Å². The maximum atomic E-state index is 5.98. The molecule has 96 valence electrons. The molecule has 5 heteroatoms. The Morgan fingerprint density at radius 1 is 1.18 bits per heavy atom. The van der Waals surface area contributed by atoms with Gasteiger partial charge in [0.25, 0.3) is 0 Å². The van der Waals surface area contributed by atoms with Crippen molar-refractivity contribution in [1.29, 1.82) is 0 Å². The van der Waals surface area contributed by atoms with E-state index in [0.717, 1.165) is 0 Å². The first-order chi connectivity index (χ1) is 7.83. The van der Waals surface area contributed by atoms with Gasteiger partial charge < -0.3 is 9.16 Å². The van der Waals surface area contributed by atoms with Gasteiger partial charge in [-0.05, 0) is 18.1 Å². The third kappa shape index (κ3) is 4.44. The second kappa shape index (κ2) is 5.60. The lowest BCUT2D eigenvalue weighted by Gasteiger charge is -2.36. The van der Waals surface area contributed by atoms with E-state index in [2.05, 4.69) is 43.8 Å². The van der Waals surface area contributed by atoms with Crippen LogP contribution >= 0.6 is 0 Å². The van der Waals surface area contributed by atoms with Crippen LogP contribution in [0.5, 0.6) is 5.88 Å². The molecular formula is C12H22N2O2Si.